The number of rotatable bonds is 2. The molecule has 0 saturated heterocycles. The molecule has 0 bridgehead atoms. The van der Waals surface area contributed by atoms with Gasteiger partial charge in [0.15, 0.2) is 11.6 Å². The number of nitrogens with one attached hydrogen (secondary N) is 2. The summed E-state index contributed by atoms with van der Waals surface area (Å²) in [4.78, 5) is 26.1. The molecule has 0 atom stereocenters. The maximum atomic E-state index is 13.4. The van der Waals surface area contributed by atoms with Crippen molar-refractivity contribution in [1.82, 2.24) is 19.9 Å². The summed E-state index contributed by atoms with van der Waals surface area (Å²) in [5.74, 6) is -1.73. The van der Waals surface area contributed by atoms with Crippen LogP contribution in [0.2, 0.25) is 0 Å². The first-order valence-electron chi connectivity index (χ1n) is 6.91. The van der Waals surface area contributed by atoms with Crippen LogP contribution < -0.4 is 5.56 Å². The van der Waals surface area contributed by atoms with Gasteiger partial charge in [-0.1, -0.05) is 0 Å². The van der Waals surface area contributed by atoms with Gasteiger partial charge in [-0.15, -0.1) is 0 Å². The van der Waals surface area contributed by atoms with Gasteiger partial charge in [0.2, 0.25) is 0 Å². The van der Waals surface area contributed by atoms with Crippen LogP contribution in [0.5, 0.6) is 0 Å². The van der Waals surface area contributed by atoms with Crippen LogP contribution in [-0.2, 0) is 6.42 Å². The lowest BCUT2D eigenvalue weighted by Crippen LogP contribution is -2.13. The Hall–Kier alpha value is -3.09. The van der Waals surface area contributed by atoms with Crippen molar-refractivity contribution in [2.24, 2.45) is 0 Å². The predicted octanol–water partition coefficient (Wildman–Crippen LogP) is 2.67. The third-order valence-electron chi connectivity index (χ3n) is 3.69. The van der Waals surface area contributed by atoms with Crippen LogP contribution in [0.15, 0.2) is 41.5 Å². The Balaban J connectivity index is 1.83. The van der Waals surface area contributed by atoms with E-state index in [2.05, 4.69) is 19.9 Å². The summed E-state index contributed by atoms with van der Waals surface area (Å²) in [6.45, 7) is 0. The van der Waals surface area contributed by atoms with Crippen molar-refractivity contribution >= 4 is 21.9 Å². The molecule has 5 nitrogen and oxygen atoms in total. The second-order valence-corrected chi connectivity index (χ2v) is 5.19. The third-order valence-corrected chi connectivity index (χ3v) is 3.69. The highest BCUT2D eigenvalue weighted by atomic mass is 19.2. The summed E-state index contributed by atoms with van der Waals surface area (Å²) in [5, 5.41) is 0.939. The molecule has 3 heterocycles. The minimum absolute atomic E-state index is 0.0215. The van der Waals surface area contributed by atoms with E-state index in [1.54, 1.807) is 12.4 Å². The Morgan fingerprint density at radius 2 is 1.96 bits per heavy atom. The van der Waals surface area contributed by atoms with E-state index in [1.807, 2.05) is 12.1 Å². The van der Waals surface area contributed by atoms with E-state index in [0.29, 0.717) is 12.2 Å². The van der Waals surface area contributed by atoms with Gasteiger partial charge in [-0.25, -0.2) is 18.7 Å². The number of halogens is 2. The van der Waals surface area contributed by atoms with Crippen molar-refractivity contribution in [1.29, 1.82) is 0 Å². The van der Waals surface area contributed by atoms with Crippen molar-refractivity contribution in [2.75, 3.05) is 0 Å². The maximum Gasteiger partial charge on any atom is 0.258 e. The Kier molecular flexibility index (Phi) is 2.94. The fourth-order valence-corrected chi connectivity index (χ4v) is 2.61. The number of aromatic nitrogens is 4. The summed E-state index contributed by atoms with van der Waals surface area (Å²) in [5.41, 5.74) is 1.26. The number of nitrogens with zero attached hydrogens (tertiary/aromatic N) is 2. The molecule has 0 fully saturated rings. The van der Waals surface area contributed by atoms with E-state index in [1.165, 1.54) is 0 Å². The average Bonchev–Trinajstić information content (AvgIpc) is 2.93. The molecule has 0 saturated carbocycles. The van der Waals surface area contributed by atoms with Gasteiger partial charge in [0.25, 0.3) is 5.56 Å². The first kappa shape index (κ1) is 13.6. The molecule has 4 aromatic rings. The average molecular weight is 312 g/mol. The summed E-state index contributed by atoms with van der Waals surface area (Å²) < 4.78 is 26.6. The number of fused-ring (bicyclic) bond motifs is 2. The van der Waals surface area contributed by atoms with Crippen LogP contribution in [0.4, 0.5) is 8.78 Å². The van der Waals surface area contributed by atoms with E-state index in [9.17, 15) is 13.6 Å². The lowest BCUT2D eigenvalue weighted by molar-refractivity contribution is 0.510. The standard InChI is InChI=1S/C16H10F2N4O/c17-11-5-10-13(6-12(11)18)21-14(22-16(10)23)4-8-7-20-15-9(8)2-1-3-19-15/h1-3,5-7H,4H2,(H,19,20)(H,21,22,23). The van der Waals surface area contributed by atoms with Crippen molar-refractivity contribution in [2.45, 2.75) is 6.42 Å². The zero-order chi connectivity index (χ0) is 16.0. The van der Waals surface area contributed by atoms with E-state index >= 15 is 0 Å². The summed E-state index contributed by atoms with van der Waals surface area (Å²) in [6, 6.07) is 5.51. The van der Waals surface area contributed by atoms with Crippen LogP contribution in [0.1, 0.15) is 11.4 Å². The van der Waals surface area contributed by atoms with Crippen LogP contribution in [0.25, 0.3) is 21.9 Å². The number of benzene rings is 1. The van der Waals surface area contributed by atoms with Crippen LogP contribution in [0.3, 0.4) is 0 Å². The van der Waals surface area contributed by atoms with Crippen LogP contribution >= 0.6 is 0 Å². The Morgan fingerprint density at radius 3 is 2.83 bits per heavy atom. The quantitative estimate of drug-likeness (QED) is 0.597. The van der Waals surface area contributed by atoms with Crippen molar-refractivity contribution in [3.8, 4) is 0 Å². The molecule has 0 aliphatic heterocycles. The maximum absolute atomic E-state index is 13.4. The predicted molar refractivity (Wildman–Crippen MR) is 81.2 cm³/mol. The molecule has 7 heteroatoms. The zero-order valence-electron chi connectivity index (χ0n) is 11.7. The Labute approximate surface area is 128 Å². The van der Waals surface area contributed by atoms with E-state index in [4.69, 9.17) is 0 Å². The van der Waals surface area contributed by atoms with Gasteiger partial charge in [-0.3, -0.25) is 4.79 Å². The molecule has 23 heavy (non-hydrogen) atoms. The van der Waals surface area contributed by atoms with E-state index in [0.717, 1.165) is 28.7 Å². The summed E-state index contributed by atoms with van der Waals surface area (Å²) in [7, 11) is 0. The van der Waals surface area contributed by atoms with Crippen LogP contribution in [-0.4, -0.2) is 19.9 Å². The van der Waals surface area contributed by atoms with Gasteiger partial charge in [0.1, 0.15) is 11.5 Å². The first-order valence-corrected chi connectivity index (χ1v) is 6.91. The molecule has 2 N–H and O–H groups in total. The molecule has 0 amide bonds. The highest BCUT2D eigenvalue weighted by Crippen LogP contribution is 2.19. The minimum Gasteiger partial charge on any atom is -0.346 e. The number of pyridine rings is 1. The fraction of sp³-hybridized carbons (Fsp3) is 0.0625. The minimum atomic E-state index is -1.07. The molecule has 0 radical (unpaired) electrons. The van der Waals surface area contributed by atoms with Crippen LogP contribution in [0, 0.1) is 11.6 Å². The zero-order valence-corrected chi connectivity index (χ0v) is 11.7. The normalized spacial score (nSPS) is 11.4. The monoisotopic (exact) mass is 312 g/mol. The molecular formula is C16H10F2N4O. The SMILES string of the molecule is O=c1[nH]c(Cc2c[nH]c3ncccc23)nc2cc(F)c(F)cc12. The Bertz CT molecular complexity index is 1100. The van der Waals surface area contributed by atoms with E-state index in [-0.39, 0.29) is 10.9 Å². The summed E-state index contributed by atoms with van der Waals surface area (Å²) in [6.07, 6.45) is 3.80. The molecule has 3 aromatic heterocycles. The number of H-pyrrole nitrogens is 2. The summed E-state index contributed by atoms with van der Waals surface area (Å²) >= 11 is 0. The molecule has 1 aromatic carbocycles. The molecule has 0 spiro atoms. The molecule has 0 aliphatic carbocycles. The van der Waals surface area contributed by atoms with Gasteiger partial charge in [-0.2, -0.15) is 0 Å². The molecule has 114 valence electrons. The second-order valence-electron chi connectivity index (χ2n) is 5.19. The van der Waals surface area contributed by atoms with Gasteiger partial charge < -0.3 is 9.97 Å². The fourth-order valence-electron chi connectivity index (χ4n) is 2.61. The number of aromatic amines is 2. The lowest BCUT2D eigenvalue weighted by atomic mass is 10.1. The molecule has 4 rings (SSSR count). The Morgan fingerprint density at radius 1 is 1.13 bits per heavy atom. The number of hydrogen-bond acceptors (Lipinski definition) is 3. The molecule has 0 aliphatic rings. The van der Waals surface area contributed by atoms with E-state index < -0.39 is 17.2 Å². The second kappa shape index (κ2) is 4.98. The highest BCUT2D eigenvalue weighted by molar-refractivity contribution is 5.80. The third kappa shape index (κ3) is 2.26. The molecular weight excluding hydrogens is 302 g/mol. The highest BCUT2D eigenvalue weighted by Gasteiger charge is 2.11. The topological polar surface area (TPSA) is 74.4 Å². The smallest absolute Gasteiger partial charge is 0.258 e. The number of hydrogen-bond donors (Lipinski definition) is 2. The van der Waals surface area contributed by atoms with Crippen molar-refractivity contribution in [3.05, 3.63) is 70.0 Å². The van der Waals surface area contributed by atoms with Gasteiger partial charge in [0.05, 0.1) is 10.9 Å². The lowest BCUT2D eigenvalue weighted by Gasteiger charge is -2.03. The van der Waals surface area contributed by atoms with Crippen molar-refractivity contribution in [3.63, 3.8) is 0 Å². The van der Waals surface area contributed by atoms with Gasteiger partial charge in [-0.05, 0) is 23.8 Å². The largest absolute Gasteiger partial charge is 0.346 e. The molecule has 0 unspecified atom stereocenters. The van der Waals surface area contributed by atoms with Crippen molar-refractivity contribution < 1.29 is 8.78 Å². The van der Waals surface area contributed by atoms with Gasteiger partial charge >= 0.3 is 0 Å². The first-order chi connectivity index (χ1) is 11.1. The van der Waals surface area contributed by atoms with Gasteiger partial charge in [0, 0.05) is 30.3 Å².